The lowest BCUT2D eigenvalue weighted by Gasteiger charge is -2.18. The van der Waals surface area contributed by atoms with Crippen LogP contribution < -0.4 is 10.4 Å². The normalized spacial score (nSPS) is 23.7. The summed E-state index contributed by atoms with van der Waals surface area (Å²) >= 11 is 0. The third-order valence-electron chi connectivity index (χ3n) is 3.44. The fourth-order valence-corrected chi connectivity index (χ4v) is 2.37. The third kappa shape index (κ3) is 2.04. The Morgan fingerprint density at radius 1 is 1.36 bits per heavy atom. The Kier molecular flexibility index (Phi) is 3.18. The second kappa shape index (κ2) is 4.92. The Labute approximate surface area is 124 Å². The molecule has 8 heteroatoms. The van der Waals surface area contributed by atoms with Gasteiger partial charge in [-0.25, -0.2) is 14.1 Å². The van der Waals surface area contributed by atoms with Crippen LogP contribution in [0.4, 0.5) is 10.1 Å². The predicted octanol–water partition coefficient (Wildman–Crippen LogP) is 0.419. The maximum absolute atomic E-state index is 13.0. The van der Waals surface area contributed by atoms with Crippen molar-refractivity contribution in [3.63, 3.8) is 0 Å². The van der Waals surface area contributed by atoms with Crippen molar-refractivity contribution in [1.82, 2.24) is 5.48 Å². The van der Waals surface area contributed by atoms with E-state index in [0.717, 1.165) is 17.0 Å². The van der Waals surface area contributed by atoms with Gasteiger partial charge < -0.3 is 4.74 Å². The van der Waals surface area contributed by atoms with Gasteiger partial charge >= 0.3 is 5.97 Å². The highest BCUT2D eigenvalue weighted by atomic mass is 19.1. The molecule has 2 aliphatic rings. The number of carbonyl (C=O) groups excluding carboxylic acids is 3. The van der Waals surface area contributed by atoms with Crippen molar-refractivity contribution in [1.29, 1.82) is 0 Å². The largest absolute Gasteiger partial charge is 0.464 e. The summed E-state index contributed by atoms with van der Waals surface area (Å²) < 4.78 is 17.5. The minimum Gasteiger partial charge on any atom is -0.464 e. The lowest BCUT2D eigenvalue weighted by Crippen LogP contribution is -2.40. The molecule has 0 saturated carbocycles. The molecule has 1 atom stereocenters. The Bertz CT molecular complexity index is 700. The summed E-state index contributed by atoms with van der Waals surface area (Å²) in [7, 11) is 1.18. The topological polar surface area (TPSA) is 84.9 Å². The van der Waals surface area contributed by atoms with Gasteiger partial charge in [0.2, 0.25) is 11.5 Å². The second-order valence-electron chi connectivity index (χ2n) is 4.83. The summed E-state index contributed by atoms with van der Waals surface area (Å²) in [5.41, 5.74) is 0.893. The number of anilines is 1. The van der Waals surface area contributed by atoms with Gasteiger partial charge in [0.25, 0.3) is 5.91 Å². The van der Waals surface area contributed by atoms with Gasteiger partial charge in [0.05, 0.1) is 19.2 Å². The highest BCUT2D eigenvalue weighted by Gasteiger charge is 2.56. The van der Waals surface area contributed by atoms with Crippen molar-refractivity contribution in [2.24, 2.45) is 0 Å². The van der Waals surface area contributed by atoms with Gasteiger partial charge in [0.15, 0.2) is 0 Å². The van der Waals surface area contributed by atoms with E-state index in [4.69, 9.17) is 4.84 Å². The van der Waals surface area contributed by atoms with E-state index in [2.05, 4.69) is 10.2 Å². The SMILES string of the molecule is COC(=O)C1=C[C@@]2(CC(=O)N(c3ccc(F)cc3)C2=O)ON1. The van der Waals surface area contributed by atoms with Crippen molar-refractivity contribution in [3.8, 4) is 0 Å². The van der Waals surface area contributed by atoms with Gasteiger partial charge in [-0.2, -0.15) is 0 Å². The zero-order chi connectivity index (χ0) is 15.9. The highest BCUT2D eigenvalue weighted by Crippen LogP contribution is 2.36. The summed E-state index contributed by atoms with van der Waals surface area (Å²) in [4.78, 5) is 42.2. The van der Waals surface area contributed by atoms with Crippen molar-refractivity contribution in [2.75, 3.05) is 12.0 Å². The molecule has 7 nitrogen and oxygen atoms in total. The molecule has 2 heterocycles. The molecular formula is C14H11FN2O5. The molecule has 1 N–H and O–H groups in total. The Hall–Kier alpha value is -2.74. The molecule has 0 unspecified atom stereocenters. The summed E-state index contributed by atoms with van der Waals surface area (Å²) in [6.45, 7) is 0. The number of benzene rings is 1. The molecule has 114 valence electrons. The molecule has 0 aromatic heterocycles. The lowest BCUT2D eigenvalue weighted by atomic mass is 10.0. The number of carbonyl (C=O) groups is 3. The molecule has 0 bridgehead atoms. The van der Waals surface area contributed by atoms with Crippen molar-refractivity contribution in [2.45, 2.75) is 12.0 Å². The summed E-state index contributed by atoms with van der Waals surface area (Å²) in [5.74, 6) is -2.36. The summed E-state index contributed by atoms with van der Waals surface area (Å²) in [5, 5.41) is 0. The van der Waals surface area contributed by atoms with Crippen LogP contribution in [0.1, 0.15) is 6.42 Å². The maximum Gasteiger partial charge on any atom is 0.356 e. The van der Waals surface area contributed by atoms with E-state index in [1.54, 1.807) is 0 Å². The number of nitrogens with zero attached hydrogens (tertiary/aromatic N) is 1. The van der Waals surface area contributed by atoms with Gasteiger partial charge in [0, 0.05) is 0 Å². The van der Waals surface area contributed by atoms with Crippen molar-refractivity contribution in [3.05, 3.63) is 41.9 Å². The van der Waals surface area contributed by atoms with Gasteiger partial charge in [0.1, 0.15) is 11.5 Å². The first kappa shape index (κ1) is 14.2. The highest BCUT2D eigenvalue weighted by molar-refractivity contribution is 6.25. The van der Waals surface area contributed by atoms with Crippen LogP contribution in [0.25, 0.3) is 0 Å². The fourth-order valence-electron chi connectivity index (χ4n) is 2.37. The van der Waals surface area contributed by atoms with Crippen LogP contribution in [-0.4, -0.2) is 30.5 Å². The molecule has 2 amide bonds. The summed E-state index contributed by atoms with van der Waals surface area (Å²) in [6.07, 6.45) is 0.958. The average Bonchev–Trinajstić information content (AvgIpc) is 3.03. The zero-order valence-corrected chi connectivity index (χ0v) is 11.5. The minimum absolute atomic E-state index is 0.0513. The number of hydrogen-bond donors (Lipinski definition) is 1. The smallest absolute Gasteiger partial charge is 0.356 e. The first-order valence-corrected chi connectivity index (χ1v) is 6.35. The number of methoxy groups -OCH3 is 1. The molecule has 2 aliphatic heterocycles. The van der Waals surface area contributed by atoms with E-state index in [-0.39, 0.29) is 17.8 Å². The van der Waals surface area contributed by atoms with Gasteiger partial charge in [-0.3, -0.25) is 19.9 Å². The number of halogens is 1. The number of rotatable bonds is 2. The predicted molar refractivity (Wildman–Crippen MR) is 70.6 cm³/mol. The number of hydroxylamine groups is 1. The average molecular weight is 306 g/mol. The van der Waals surface area contributed by atoms with Gasteiger partial charge in [-0.1, -0.05) is 0 Å². The number of nitrogens with one attached hydrogen (secondary N) is 1. The molecule has 1 saturated heterocycles. The molecule has 22 heavy (non-hydrogen) atoms. The van der Waals surface area contributed by atoms with E-state index in [9.17, 15) is 18.8 Å². The Morgan fingerprint density at radius 3 is 2.68 bits per heavy atom. The lowest BCUT2D eigenvalue weighted by molar-refractivity contribution is -0.142. The third-order valence-corrected chi connectivity index (χ3v) is 3.44. The number of hydrogen-bond acceptors (Lipinski definition) is 6. The maximum atomic E-state index is 13.0. The standard InChI is InChI=1S/C14H11FN2O5/c1-21-12(19)10-6-14(22-16-10)7-11(18)17(13(14)20)9-4-2-8(15)3-5-9/h2-6,16H,7H2,1H3/t14-/m0/s1. The number of esters is 1. The Balaban J connectivity index is 1.94. The Morgan fingerprint density at radius 2 is 2.05 bits per heavy atom. The van der Waals surface area contributed by atoms with Crippen LogP contribution in [0.15, 0.2) is 36.0 Å². The zero-order valence-electron chi connectivity index (χ0n) is 11.5. The first-order valence-electron chi connectivity index (χ1n) is 6.35. The molecule has 0 aliphatic carbocycles. The van der Waals surface area contributed by atoms with E-state index in [0.29, 0.717) is 0 Å². The van der Waals surface area contributed by atoms with Crippen molar-refractivity contribution < 1.29 is 28.3 Å². The van der Waals surface area contributed by atoms with Crippen LogP contribution in [-0.2, 0) is 24.0 Å². The van der Waals surface area contributed by atoms with Gasteiger partial charge in [-0.15, -0.1) is 0 Å². The van der Waals surface area contributed by atoms with Crippen LogP contribution in [0.5, 0.6) is 0 Å². The van der Waals surface area contributed by atoms with Crippen molar-refractivity contribution >= 4 is 23.5 Å². The molecule has 1 fully saturated rings. The monoisotopic (exact) mass is 306 g/mol. The van der Waals surface area contributed by atoms with E-state index in [1.165, 1.54) is 25.3 Å². The van der Waals surface area contributed by atoms with E-state index < -0.39 is 29.2 Å². The number of ether oxygens (including phenoxy) is 1. The molecular weight excluding hydrogens is 295 g/mol. The van der Waals surface area contributed by atoms with Gasteiger partial charge in [-0.05, 0) is 30.3 Å². The van der Waals surface area contributed by atoms with Crippen LogP contribution in [0.3, 0.4) is 0 Å². The summed E-state index contributed by atoms with van der Waals surface area (Å²) in [6, 6.07) is 4.92. The minimum atomic E-state index is -1.59. The molecule has 3 rings (SSSR count). The fraction of sp³-hybridized carbons (Fsp3) is 0.214. The quantitative estimate of drug-likeness (QED) is 0.629. The molecule has 1 aromatic carbocycles. The second-order valence-corrected chi connectivity index (χ2v) is 4.83. The number of imide groups is 1. The van der Waals surface area contributed by atoms with Crippen LogP contribution in [0.2, 0.25) is 0 Å². The molecule has 0 radical (unpaired) electrons. The first-order chi connectivity index (χ1) is 10.5. The molecule has 1 spiro atoms. The van der Waals surface area contributed by atoms with E-state index >= 15 is 0 Å². The van der Waals surface area contributed by atoms with Crippen LogP contribution >= 0.6 is 0 Å². The van der Waals surface area contributed by atoms with E-state index in [1.807, 2.05) is 0 Å². The van der Waals surface area contributed by atoms with Crippen LogP contribution in [0, 0.1) is 5.82 Å². The molecule has 1 aromatic rings. The number of amides is 2.